The number of carbonyl (C=O) groups excluding carboxylic acids is 1. The van der Waals surface area contributed by atoms with Crippen molar-refractivity contribution < 1.29 is 97.0 Å². The molecule has 0 aromatic heterocycles. The SMILES string of the molecule is CN(C)CCCNC(=O)C(F)(F)C(F)(F)C(F)(F)C(F)(F)C(F)(F)C(F)(F)C(F)(F)C(F)(F)C(F)(F)C(F)(F)F. The quantitative estimate of drug-likeness (QED) is 0.187. The number of amides is 1. The van der Waals surface area contributed by atoms with Gasteiger partial charge in [0.1, 0.15) is 0 Å². The van der Waals surface area contributed by atoms with Crippen LogP contribution in [0.25, 0.3) is 0 Å². The van der Waals surface area contributed by atoms with Crippen LogP contribution >= 0.6 is 0 Å². The minimum atomic E-state index is -9.25. The van der Waals surface area contributed by atoms with E-state index >= 15 is 0 Å². The van der Waals surface area contributed by atoms with Crippen molar-refractivity contribution in [2.45, 2.75) is 65.9 Å². The second-order valence-corrected chi connectivity index (χ2v) is 8.08. The Hall–Kier alpha value is -2.04. The Balaban J connectivity index is 6.79. The van der Waals surface area contributed by atoms with Gasteiger partial charge in [0.15, 0.2) is 0 Å². The molecule has 3 nitrogen and oxygen atoms in total. The largest absolute Gasteiger partial charge is 0.460 e. The van der Waals surface area contributed by atoms with Crippen LogP contribution in [0.1, 0.15) is 6.42 Å². The van der Waals surface area contributed by atoms with E-state index in [0.717, 1.165) is 5.32 Å². The zero-order chi connectivity index (χ0) is 33.0. The van der Waals surface area contributed by atoms with E-state index in [9.17, 15) is 97.0 Å². The van der Waals surface area contributed by atoms with Crippen molar-refractivity contribution >= 4 is 5.91 Å². The molecule has 0 aliphatic carbocycles. The number of nitrogens with zero attached hydrogens (tertiary/aromatic N) is 1. The van der Waals surface area contributed by atoms with Crippen LogP contribution in [0.15, 0.2) is 0 Å². The summed E-state index contributed by atoms with van der Waals surface area (Å²) in [6, 6.07) is 0. The topological polar surface area (TPSA) is 32.3 Å². The Kier molecular flexibility index (Phi) is 9.82. The fourth-order valence-corrected chi connectivity index (χ4v) is 2.41. The maximum Gasteiger partial charge on any atom is 0.460 e. The number of hydrogen-bond acceptors (Lipinski definition) is 2. The summed E-state index contributed by atoms with van der Waals surface area (Å²) in [6.07, 6.45) is -8.50. The number of rotatable bonds is 13. The highest BCUT2D eigenvalue weighted by atomic mass is 19.4. The van der Waals surface area contributed by atoms with Gasteiger partial charge in [-0.2, -0.15) is 92.2 Å². The van der Waals surface area contributed by atoms with Crippen LogP contribution in [0.2, 0.25) is 0 Å². The van der Waals surface area contributed by atoms with E-state index in [1.807, 2.05) is 0 Å². The summed E-state index contributed by atoms with van der Waals surface area (Å²) in [5, 5.41) is 0.733. The maximum absolute atomic E-state index is 13.7. The zero-order valence-electron chi connectivity index (χ0n) is 18.9. The van der Waals surface area contributed by atoms with Gasteiger partial charge in [-0.1, -0.05) is 0 Å². The lowest BCUT2D eigenvalue weighted by Gasteiger charge is -2.44. The van der Waals surface area contributed by atoms with Gasteiger partial charge in [-0.15, -0.1) is 0 Å². The van der Waals surface area contributed by atoms with E-state index in [1.165, 1.54) is 19.0 Å². The third kappa shape index (κ3) is 5.20. The van der Waals surface area contributed by atoms with Crippen LogP contribution in [-0.2, 0) is 4.79 Å². The van der Waals surface area contributed by atoms with Crippen molar-refractivity contribution in [2.24, 2.45) is 0 Å². The van der Waals surface area contributed by atoms with Crippen LogP contribution in [0.5, 0.6) is 0 Å². The molecular formula is C16H13F21N2O. The Morgan fingerprint density at radius 1 is 0.500 bits per heavy atom. The molecule has 40 heavy (non-hydrogen) atoms. The fourth-order valence-electron chi connectivity index (χ4n) is 2.41. The van der Waals surface area contributed by atoms with Crippen LogP contribution in [0.3, 0.4) is 0 Å². The zero-order valence-corrected chi connectivity index (χ0v) is 18.9. The van der Waals surface area contributed by atoms with Crippen molar-refractivity contribution in [1.29, 1.82) is 0 Å². The second-order valence-electron chi connectivity index (χ2n) is 8.08. The third-order valence-electron chi connectivity index (χ3n) is 4.86. The molecule has 0 heterocycles. The first kappa shape index (κ1) is 38.0. The van der Waals surface area contributed by atoms with Crippen molar-refractivity contribution in [3.05, 3.63) is 0 Å². The molecule has 0 saturated carbocycles. The molecule has 24 heteroatoms. The van der Waals surface area contributed by atoms with E-state index in [4.69, 9.17) is 0 Å². The lowest BCUT2D eigenvalue weighted by atomic mass is 9.86. The highest BCUT2D eigenvalue weighted by Crippen LogP contribution is 2.66. The Morgan fingerprint density at radius 3 is 1.05 bits per heavy atom. The molecule has 240 valence electrons. The normalized spacial score (nSPS) is 16.0. The number of halogens is 21. The summed E-state index contributed by atoms with van der Waals surface area (Å²) in [7, 11) is 2.60. The van der Waals surface area contributed by atoms with Crippen LogP contribution < -0.4 is 5.32 Å². The van der Waals surface area contributed by atoms with Crippen LogP contribution in [0.4, 0.5) is 92.2 Å². The summed E-state index contributed by atoms with van der Waals surface area (Å²) >= 11 is 0. The lowest BCUT2D eigenvalue weighted by molar-refractivity contribution is -0.472. The van der Waals surface area contributed by atoms with Crippen LogP contribution in [-0.4, -0.2) is 97.5 Å². The first-order chi connectivity index (χ1) is 17.1. The second kappa shape index (κ2) is 10.3. The molecule has 0 saturated heterocycles. The molecule has 0 atom stereocenters. The van der Waals surface area contributed by atoms with Crippen molar-refractivity contribution in [1.82, 2.24) is 10.2 Å². The number of alkyl halides is 21. The molecule has 0 radical (unpaired) electrons. The molecule has 1 amide bonds. The number of nitrogens with one attached hydrogen (secondary N) is 1. The fraction of sp³-hybridized carbons (Fsp3) is 0.938. The molecule has 0 rings (SSSR count). The Morgan fingerprint density at radius 2 is 0.775 bits per heavy atom. The summed E-state index contributed by atoms with van der Waals surface area (Å²) in [5.41, 5.74) is 0. The molecular weight excluding hydrogens is 635 g/mol. The van der Waals surface area contributed by atoms with Crippen LogP contribution in [0, 0.1) is 0 Å². The van der Waals surface area contributed by atoms with Gasteiger partial charge in [-0.3, -0.25) is 4.79 Å². The van der Waals surface area contributed by atoms with E-state index < -0.39 is 78.4 Å². The highest BCUT2D eigenvalue weighted by Gasteiger charge is 2.98. The van der Waals surface area contributed by atoms with E-state index in [2.05, 4.69) is 0 Å². The van der Waals surface area contributed by atoms with E-state index in [-0.39, 0.29) is 6.54 Å². The highest BCUT2D eigenvalue weighted by molar-refractivity contribution is 5.84. The molecule has 0 spiro atoms. The Bertz CT molecular complexity index is 907. The molecule has 1 N–H and O–H groups in total. The van der Waals surface area contributed by atoms with Gasteiger partial charge in [-0.25, -0.2) is 0 Å². The Labute approximate surface area is 207 Å². The first-order valence-electron chi connectivity index (χ1n) is 9.49. The molecule has 0 aromatic carbocycles. The monoisotopic (exact) mass is 648 g/mol. The average molecular weight is 648 g/mol. The van der Waals surface area contributed by atoms with Gasteiger partial charge < -0.3 is 10.2 Å². The predicted octanol–water partition coefficient (Wildman–Crippen LogP) is 6.33. The number of hydrogen-bond donors (Lipinski definition) is 1. The van der Waals surface area contributed by atoms with E-state index in [1.54, 1.807) is 0 Å². The van der Waals surface area contributed by atoms with Gasteiger partial charge in [0.25, 0.3) is 5.91 Å². The van der Waals surface area contributed by atoms with Gasteiger partial charge in [-0.05, 0) is 27.1 Å². The number of carbonyl (C=O) groups is 1. The van der Waals surface area contributed by atoms with Gasteiger partial charge >= 0.3 is 59.5 Å². The molecule has 0 unspecified atom stereocenters. The molecule has 0 aliphatic heterocycles. The van der Waals surface area contributed by atoms with Gasteiger partial charge in [0.2, 0.25) is 0 Å². The van der Waals surface area contributed by atoms with Gasteiger partial charge in [0.05, 0.1) is 0 Å². The van der Waals surface area contributed by atoms with E-state index in [0.29, 0.717) is 0 Å². The third-order valence-corrected chi connectivity index (χ3v) is 4.86. The summed E-state index contributed by atoms with van der Waals surface area (Å²) in [5.74, 6) is -82.2. The minimum Gasteiger partial charge on any atom is -0.351 e. The maximum atomic E-state index is 13.7. The summed E-state index contributed by atoms with van der Waals surface area (Å²) < 4.78 is 278. The standard InChI is InChI=1S/C16H13F21N2O/c1-39(2)5-3-4-38-6(40)7(17,18)8(19,20)9(21,22)10(23,24)11(25,26)12(27,28)13(29,30)14(31,32)15(33,34)16(35,36)37/h3-5H2,1-2H3,(H,38,40). The minimum absolute atomic E-state index is 0.163. The first-order valence-corrected chi connectivity index (χ1v) is 9.49. The molecule has 0 aliphatic rings. The van der Waals surface area contributed by atoms with Crippen molar-refractivity contribution in [3.8, 4) is 0 Å². The predicted molar refractivity (Wildman–Crippen MR) is 86.8 cm³/mol. The molecule has 0 bridgehead atoms. The average Bonchev–Trinajstić information content (AvgIpc) is 2.74. The molecule has 0 aromatic rings. The molecule has 0 fully saturated rings. The smallest absolute Gasteiger partial charge is 0.351 e. The lowest BCUT2D eigenvalue weighted by Crippen LogP contribution is -2.77. The van der Waals surface area contributed by atoms with Gasteiger partial charge in [0, 0.05) is 6.54 Å². The van der Waals surface area contributed by atoms with Crippen molar-refractivity contribution in [2.75, 3.05) is 27.2 Å². The summed E-state index contributed by atoms with van der Waals surface area (Å²) in [6.45, 7) is -1.31. The van der Waals surface area contributed by atoms with Crippen molar-refractivity contribution in [3.63, 3.8) is 0 Å². The summed E-state index contributed by atoms with van der Waals surface area (Å²) in [4.78, 5) is 12.4.